The van der Waals surface area contributed by atoms with Crippen LogP contribution in [0.1, 0.15) is 50.1 Å². The number of rotatable bonds is 3. The van der Waals surface area contributed by atoms with Crippen LogP contribution in [0.15, 0.2) is 164 Å². The van der Waals surface area contributed by atoms with Crippen molar-refractivity contribution in [2.75, 3.05) is 0 Å². The first-order valence-corrected chi connectivity index (χ1v) is 26.9. The summed E-state index contributed by atoms with van der Waals surface area (Å²) >= 11 is 0. The van der Waals surface area contributed by atoms with E-state index < -0.39 is 0 Å². The lowest BCUT2D eigenvalue weighted by Gasteiger charge is -2.18. The van der Waals surface area contributed by atoms with Crippen molar-refractivity contribution in [3.63, 3.8) is 0 Å². The van der Waals surface area contributed by atoms with Crippen LogP contribution < -0.4 is 0 Å². The molecule has 0 unspecified atom stereocenters. The van der Waals surface area contributed by atoms with Crippen LogP contribution in [-0.2, 0) is 0 Å². The molecule has 0 saturated heterocycles. The number of hydrogen-bond donors (Lipinski definition) is 0. The van der Waals surface area contributed by atoms with Crippen LogP contribution in [0, 0.1) is 62.3 Å². The van der Waals surface area contributed by atoms with E-state index >= 15 is 0 Å². The second kappa shape index (κ2) is 14.8. The number of aryl methyl sites for hydroxylation is 9. The van der Waals surface area contributed by atoms with Crippen molar-refractivity contribution < 1.29 is 0 Å². The Balaban J connectivity index is 1.26. The van der Waals surface area contributed by atoms with Crippen LogP contribution in [0.2, 0.25) is 0 Å². The maximum absolute atomic E-state index is 2.46. The highest BCUT2D eigenvalue weighted by molar-refractivity contribution is 6.60. The van der Waals surface area contributed by atoms with E-state index in [1.165, 1.54) is 213 Å². The van der Waals surface area contributed by atoms with Crippen molar-refractivity contribution in [2.24, 2.45) is 0 Å². The normalized spacial score (nSPS) is 12.6. The van der Waals surface area contributed by atoms with Crippen LogP contribution in [0.3, 0.4) is 0 Å². The Kier molecular flexibility index (Phi) is 8.46. The minimum atomic E-state index is 1.30. The molecular weight excluding hydrogens is 901 g/mol. The number of hydrogen-bond acceptors (Lipinski definition) is 0. The Morgan fingerprint density at radius 2 is 0.360 bits per heavy atom. The van der Waals surface area contributed by atoms with E-state index in [9.17, 15) is 0 Å². The molecule has 0 saturated carbocycles. The minimum Gasteiger partial charge on any atom is -0.0616 e. The van der Waals surface area contributed by atoms with E-state index in [2.05, 4.69) is 226 Å². The molecule has 75 heavy (non-hydrogen) atoms. The second-order valence-corrected chi connectivity index (χ2v) is 22.6. The van der Waals surface area contributed by atoms with E-state index in [0.717, 1.165) is 0 Å². The molecule has 0 atom stereocenters. The summed E-state index contributed by atoms with van der Waals surface area (Å²) in [5.74, 6) is 0. The SMILES string of the molecule is Cc1cc(C)c(-c2c3ccccc3c3c4c2cccc4c2c3c3c4cccc5c(-c6c(C)cc(C)cc6C)c6ccccc6c(c54)c3c3c4cccc5c(-c6c(C)cc(C)cc6C)c6ccccc6c(c54)c23)c(C)c1. The summed E-state index contributed by atoms with van der Waals surface area (Å²) in [5, 5.41) is 32.4. The Hall–Kier alpha value is -8.58. The Labute approximate surface area is 436 Å². The van der Waals surface area contributed by atoms with Gasteiger partial charge in [0.05, 0.1) is 0 Å². The monoisotopic (exact) mass is 954 g/mol. The summed E-state index contributed by atoms with van der Waals surface area (Å²) in [5.41, 5.74) is 19.9. The molecule has 0 aromatic heterocycles. The van der Waals surface area contributed by atoms with E-state index in [1.807, 2.05) is 0 Å². The van der Waals surface area contributed by atoms with Gasteiger partial charge in [0.1, 0.15) is 0 Å². The first-order chi connectivity index (χ1) is 36.5. The molecule has 0 aliphatic carbocycles. The fourth-order valence-corrected chi connectivity index (χ4v) is 15.9. The van der Waals surface area contributed by atoms with Gasteiger partial charge in [-0.2, -0.15) is 0 Å². The van der Waals surface area contributed by atoms with Gasteiger partial charge < -0.3 is 0 Å². The summed E-state index contributed by atoms with van der Waals surface area (Å²) in [6.07, 6.45) is 0. The van der Waals surface area contributed by atoms with Gasteiger partial charge in [-0.05, 0) is 258 Å². The molecule has 354 valence electrons. The van der Waals surface area contributed by atoms with Crippen molar-refractivity contribution in [1.29, 1.82) is 0 Å². The topological polar surface area (TPSA) is 0 Å². The Morgan fingerprint density at radius 1 is 0.160 bits per heavy atom. The fourth-order valence-electron chi connectivity index (χ4n) is 15.9. The van der Waals surface area contributed by atoms with E-state index in [-0.39, 0.29) is 0 Å². The van der Waals surface area contributed by atoms with Gasteiger partial charge in [0, 0.05) is 0 Å². The highest BCUT2D eigenvalue weighted by Gasteiger charge is 2.32. The van der Waals surface area contributed by atoms with Gasteiger partial charge in [0.15, 0.2) is 0 Å². The average molecular weight is 955 g/mol. The second-order valence-electron chi connectivity index (χ2n) is 22.6. The molecule has 16 aromatic rings. The molecule has 0 radical (unpaired) electrons. The van der Waals surface area contributed by atoms with E-state index in [1.54, 1.807) is 0 Å². The van der Waals surface area contributed by atoms with Gasteiger partial charge in [-0.25, -0.2) is 0 Å². The summed E-state index contributed by atoms with van der Waals surface area (Å²) in [4.78, 5) is 0. The summed E-state index contributed by atoms with van der Waals surface area (Å²) in [6.45, 7) is 20.6. The largest absolute Gasteiger partial charge is 0.0616 e. The third-order valence-electron chi connectivity index (χ3n) is 18.0. The lowest BCUT2D eigenvalue weighted by molar-refractivity contribution is 1.33. The summed E-state index contributed by atoms with van der Waals surface area (Å²) in [7, 11) is 0. The summed E-state index contributed by atoms with van der Waals surface area (Å²) in [6, 6.07) is 64.1. The number of benzene rings is 13. The molecule has 0 spiro atoms. The van der Waals surface area contributed by atoms with Crippen LogP contribution in [0.4, 0.5) is 0 Å². The van der Waals surface area contributed by atoms with Gasteiger partial charge in [-0.15, -0.1) is 0 Å². The first kappa shape index (κ1) is 42.9. The molecule has 0 bridgehead atoms. The van der Waals surface area contributed by atoms with Gasteiger partial charge >= 0.3 is 0 Å². The molecule has 0 aliphatic rings. The number of fused-ring (bicyclic) bond motifs is 18. The van der Waals surface area contributed by atoms with Gasteiger partial charge in [0.25, 0.3) is 0 Å². The summed E-state index contributed by atoms with van der Waals surface area (Å²) < 4.78 is 0. The van der Waals surface area contributed by atoms with Gasteiger partial charge in [-0.1, -0.05) is 180 Å². The fraction of sp³-hybridized carbons (Fsp3) is 0.120. The average Bonchev–Trinajstić information content (AvgIpc) is 4.06. The predicted octanol–water partition coefficient (Wildman–Crippen LogP) is 21.6. The van der Waals surface area contributed by atoms with Crippen molar-refractivity contribution in [1.82, 2.24) is 0 Å². The van der Waals surface area contributed by atoms with E-state index in [0.29, 0.717) is 0 Å². The zero-order chi connectivity index (χ0) is 50.6. The molecular formula is C75H54. The lowest BCUT2D eigenvalue weighted by atomic mass is 9.85. The van der Waals surface area contributed by atoms with Crippen LogP contribution in [-0.4, -0.2) is 0 Å². The van der Waals surface area contributed by atoms with Crippen LogP contribution in [0.5, 0.6) is 0 Å². The molecule has 0 heteroatoms. The maximum atomic E-state index is 2.46. The molecule has 16 aromatic carbocycles. The smallest absolute Gasteiger partial charge is 0.0000692 e. The molecule has 16 rings (SSSR count). The van der Waals surface area contributed by atoms with Crippen LogP contribution in [0.25, 0.3) is 163 Å². The molecule has 0 fully saturated rings. The lowest BCUT2D eigenvalue weighted by Crippen LogP contribution is -1.93. The Morgan fingerprint density at radius 3 is 0.613 bits per heavy atom. The molecule has 0 nitrogen and oxygen atoms in total. The molecule has 0 heterocycles. The molecule has 0 N–H and O–H groups in total. The zero-order valence-corrected chi connectivity index (χ0v) is 44.1. The van der Waals surface area contributed by atoms with Gasteiger partial charge in [0.2, 0.25) is 0 Å². The zero-order valence-electron chi connectivity index (χ0n) is 44.1. The van der Waals surface area contributed by atoms with Crippen molar-refractivity contribution in [3.05, 3.63) is 214 Å². The Bertz CT molecular complexity index is 4630. The molecule has 0 aliphatic heterocycles. The van der Waals surface area contributed by atoms with Gasteiger partial charge in [-0.3, -0.25) is 0 Å². The maximum Gasteiger partial charge on any atom is -0.0000692 e. The molecule has 0 amide bonds. The van der Waals surface area contributed by atoms with Crippen LogP contribution >= 0.6 is 0 Å². The quantitative estimate of drug-likeness (QED) is 0.155. The van der Waals surface area contributed by atoms with E-state index in [4.69, 9.17) is 0 Å². The van der Waals surface area contributed by atoms with Crippen molar-refractivity contribution >= 4 is 129 Å². The first-order valence-electron chi connectivity index (χ1n) is 26.9. The highest BCUT2D eigenvalue weighted by atomic mass is 14.3. The minimum absolute atomic E-state index is 1.30. The predicted molar refractivity (Wildman–Crippen MR) is 329 cm³/mol. The van der Waals surface area contributed by atoms with Crippen molar-refractivity contribution in [3.8, 4) is 33.4 Å². The van der Waals surface area contributed by atoms with Crippen molar-refractivity contribution in [2.45, 2.75) is 62.3 Å². The standard InChI is InChI=1S/C75H54/c1-37-31-40(4)58(41(5)32-37)61-46-19-10-13-22-49(46)67-64-52(61)25-16-28-55(64)70-73(67)71-56-29-17-26-53-63(60-44(8)35-39(3)36-45(60)9)48-21-12-15-24-51(48)69(65(53)56)75(71)72-57-30-18-27-54-62(59-42(6)33-38(2)34-43(59)7)47-20-11-14-23-50(47)68(66(54)57)74(70)72/h10-36H,1-9H3. The third kappa shape index (κ3) is 5.32. The third-order valence-corrected chi connectivity index (χ3v) is 18.0. The highest BCUT2D eigenvalue weighted by Crippen LogP contribution is 2.61.